The lowest BCUT2D eigenvalue weighted by Crippen LogP contribution is -2.15. The molecule has 1 heteroatoms. The molecule has 8 aromatic rings. The highest BCUT2D eigenvalue weighted by atomic mass is 14.9. The smallest absolute Gasteiger partial charge is 0.0387 e. The van der Waals surface area contributed by atoms with E-state index in [1.54, 1.807) is 0 Å². The zero-order valence-corrected chi connectivity index (χ0v) is 36.5. The molecule has 0 heterocycles. The number of fused-ring (bicyclic) bond motifs is 6. The molecule has 3 aliphatic rings. The number of benzene rings is 8. The molecule has 8 aromatic carbocycles. The molecule has 3 aliphatic carbocycles. The van der Waals surface area contributed by atoms with E-state index in [0.717, 1.165) is 30.6 Å². The van der Waals surface area contributed by atoms with E-state index in [0.29, 0.717) is 0 Å². The van der Waals surface area contributed by atoms with Crippen LogP contribution in [0, 0.1) is 13.8 Å². The number of aryl methyl sites for hydroxylation is 1. The molecule has 1 N–H and O–H groups in total. The maximum atomic E-state index is 3.68. The Kier molecular flexibility index (Phi) is 10.2. The molecule has 62 heavy (non-hydrogen) atoms. The average Bonchev–Trinajstić information content (AvgIpc) is 3.79. The molecule has 0 fully saturated rings. The van der Waals surface area contributed by atoms with Gasteiger partial charge in [0, 0.05) is 16.8 Å². The third-order valence-electron chi connectivity index (χ3n) is 13.6. The molecule has 0 amide bonds. The fraction of sp³-hybridized carbons (Fsp3) is 0.148. The van der Waals surface area contributed by atoms with Crippen LogP contribution in [0.5, 0.6) is 0 Å². The topological polar surface area (TPSA) is 12.0 Å². The molecular weight excluding hydrogens is 747 g/mol. The first-order chi connectivity index (χ1) is 30.2. The first-order valence-corrected chi connectivity index (χ1v) is 22.2. The predicted octanol–water partition coefficient (Wildman–Crippen LogP) is 16.7. The molecular formula is C61H53N. The van der Waals surface area contributed by atoms with Crippen LogP contribution in [0.4, 0.5) is 11.4 Å². The van der Waals surface area contributed by atoms with E-state index in [2.05, 4.69) is 228 Å². The van der Waals surface area contributed by atoms with Crippen LogP contribution in [0.2, 0.25) is 0 Å². The molecule has 0 saturated carbocycles. The molecule has 0 atom stereocenters. The van der Waals surface area contributed by atoms with E-state index in [4.69, 9.17) is 0 Å². The Morgan fingerprint density at radius 1 is 0.452 bits per heavy atom. The first-order valence-electron chi connectivity index (χ1n) is 22.2. The van der Waals surface area contributed by atoms with Gasteiger partial charge in [0.15, 0.2) is 0 Å². The Hall–Kier alpha value is -6.96. The summed E-state index contributed by atoms with van der Waals surface area (Å²) in [5.74, 6) is 0. The van der Waals surface area contributed by atoms with E-state index >= 15 is 0 Å². The fourth-order valence-electron chi connectivity index (χ4n) is 10.1. The second-order valence-corrected chi connectivity index (χ2v) is 17.8. The minimum atomic E-state index is -0.137. The van der Waals surface area contributed by atoms with Crippen LogP contribution in [-0.2, 0) is 11.8 Å². The summed E-state index contributed by atoms with van der Waals surface area (Å²) in [6.45, 7) is 11.6. The quantitative estimate of drug-likeness (QED) is 0.177. The van der Waals surface area contributed by atoms with Crippen molar-refractivity contribution in [1.29, 1.82) is 0 Å². The van der Waals surface area contributed by atoms with Gasteiger partial charge in [0.1, 0.15) is 0 Å². The van der Waals surface area contributed by atoms with E-state index < -0.39 is 0 Å². The highest BCUT2D eigenvalue weighted by molar-refractivity contribution is 5.94. The van der Waals surface area contributed by atoms with Gasteiger partial charge in [-0.25, -0.2) is 0 Å². The summed E-state index contributed by atoms with van der Waals surface area (Å²) in [7, 11) is 0. The SMILES string of the molecule is CC1=C(c2ccc(-c3ccc4c(c3)C(C)(C)c3cc(Nc5ccc(-c6ccccc6)cc5)ccc3-4)c(-c3ccccc3C)c2C)C=CCC1.c1ccc2c(c1)Cc1ccccc1-2. The summed E-state index contributed by atoms with van der Waals surface area (Å²) in [5.41, 5.74) is 27.8. The summed E-state index contributed by atoms with van der Waals surface area (Å²) in [6.07, 6.45) is 8.02. The third-order valence-corrected chi connectivity index (χ3v) is 13.6. The van der Waals surface area contributed by atoms with Gasteiger partial charge in [0.25, 0.3) is 0 Å². The Labute approximate surface area is 368 Å². The molecule has 11 rings (SSSR count). The first kappa shape index (κ1) is 39.2. The molecule has 0 saturated heterocycles. The summed E-state index contributed by atoms with van der Waals surface area (Å²) in [5, 5.41) is 3.68. The zero-order chi connectivity index (χ0) is 42.4. The van der Waals surface area contributed by atoms with Gasteiger partial charge < -0.3 is 5.32 Å². The molecule has 0 bridgehead atoms. The van der Waals surface area contributed by atoms with E-state index in [-0.39, 0.29) is 5.41 Å². The minimum Gasteiger partial charge on any atom is -0.356 e. The van der Waals surface area contributed by atoms with Crippen molar-refractivity contribution in [3.8, 4) is 55.6 Å². The standard InChI is InChI=1S/C48H43N.C13H10/c1-31-13-9-11-17-39(31)41-27-28-42(47(33(41)3)40-18-12-10-14-32(40)2)36-21-25-43-44-26-24-38(30-46(44)48(4,5)45(43)29-36)49-37-22-19-35(20-23-37)34-15-7-6-8-16-34;1-3-7-12-10(5-1)9-11-6-2-4-8-13(11)12/h6-8,10-12,14-30,49H,9,13H2,1-5H3;1-8H,9H2. The van der Waals surface area contributed by atoms with Gasteiger partial charge in [-0.15, -0.1) is 0 Å². The van der Waals surface area contributed by atoms with Gasteiger partial charge in [-0.2, -0.15) is 0 Å². The number of hydrogen-bond donors (Lipinski definition) is 1. The highest BCUT2D eigenvalue weighted by Crippen LogP contribution is 2.51. The van der Waals surface area contributed by atoms with Gasteiger partial charge in [-0.05, 0) is 171 Å². The molecule has 0 aromatic heterocycles. The van der Waals surface area contributed by atoms with E-state index in [1.165, 1.54) is 106 Å². The van der Waals surface area contributed by atoms with E-state index in [1.807, 2.05) is 0 Å². The number of anilines is 2. The van der Waals surface area contributed by atoms with Crippen molar-refractivity contribution < 1.29 is 0 Å². The molecule has 0 radical (unpaired) electrons. The van der Waals surface area contributed by atoms with Crippen LogP contribution in [0.3, 0.4) is 0 Å². The maximum Gasteiger partial charge on any atom is 0.0387 e. The lowest BCUT2D eigenvalue weighted by atomic mass is 9.79. The van der Waals surface area contributed by atoms with Gasteiger partial charge in [-0.1, -0.05) is 177 Å². The summed E-state index contributed by atoms with van der Waals surface area (Å²) < 4.78 is 0. The van der Waals surface area contributed by atoms with Crippen molar-refractivity contribution in [2.24, 2.45) is 0 Å². The Bertz CT molecular complexity index is 3000. The normalized spacial score (nSPS) is 14.0. The molecule has 1 nitrogen and oxygen atoms in total. The largest absolute Gasteiger partial charge is 0.356 e. The van der Waals surface area contributed by atoms with Crippen LogP contribution in [0.25, 0.3) is 61.2 Å². The van der Waals surface area contributed by atoms with Crippen LogP contribution >= 0.6 is 0 Å². The van der Waals surface area contributed by atoms with Crippen LogP contribution in [0.15, 0.2) is 194 Å². The maximum absolute atomic E-state index is 3.68. The van der Waals surface area contributed by atoms with Crippen LogP contribution in [0.1, 0.15) is 72.6 Å². The third kappa shape index (κ3) is 7.12. The van der Waals surface area contributed by atoms with Crippen molar-refractivity contribution in [3.63, 3.8) is 0 Å². The number of allylic oxidation sites excluding steroid dienone is 4. The Morgan fingerprint density at radius 2 is 1.00 bits per heavy atom. The van der Waals surface area contributed by atoms with Crippen molar-refractivity contribution >= 4 is 16.9 Å². The molecule has 0 aliphatic heterocycles. The van der Waals surface area contributed by atoms with E-state index in [9.17, 15) is 0 Å². The molecule has 0 spiro atoms. The second-order valence-electron chi connectivity index (χ2n) is 17.8. The van der Waals surface area contributed by atoms with Gasteiger partial charge in [-0.3, -0.25) is 0 Å². The summed E-state index contributed by atoms with van der Waals surface area (Å²) >= 11 is 0. The molecule has 302 valence electrons. The Morgan fingerprint density at radius 3 is 1.69 bits per heavy atom. The van der Waals surface area contributed by atoms with Crippen molar-refractivity contribution in [2.45, 2.75) is 59.3 Å². The second kappa shape index (κ2) is 16.1. The lowest BCUT2D eigenvalue weighted by molar-refractivity contribution is 0.661. The van der Waals surface area contributed by atoms with Gasteiger partial charge in [0.05, 0.1) is 0 Å². The van der Waals surface area contributed by atoms with Crippen LogP contribution in [-0.4, -0.2) is 0 Å². The minimum absolute atomic E-state index is 0.137. The van der Waals surface area contributed by atoms with Crippen molar-refractivity contribution in [2.75, 3.05) is 5.32 Å². The summed E-state index contributed by atoms with van der Waals surface area (Å²) in [4.78, 5) is 0. The number of hydrogen-bond acceptors (Lipinski definition) is 1. The van der Waals surface area contributed by atoms with Crippen molar-refractivity contribution in [1.82, 2.24) is 0 Å². The summed E-state index contributed by atoms with van der Waals surface area (Å²) in [6, 6.07) is 64.2. The van der Waals surface area contributed by atoms with Crippen molar-refractivity contribution in [3.05, 3.63) is 233 Å². The number of rotatable bonds is 6. The fourth-order valence-corrected chi connectivity index (χ4v) is 10.1. The lowest BCUT2D eigenvalue weighted by Gasteiger charge is -2.24. The average molecular weight is 800 g/mol. The van der Waals surface area contributed by atoms with Crippen LogP contribution < -0.4 is 5.32 Å². The Balaban J connectivity index is 0.000000298. The highest BCUT2D eigenvalue weighted by Gasteiger charge is 2.36. The molecule has 0 unspecified atom stereocenters. The van der Waals surface area contributed by atoms with Gasteiger partial charge >= 0.3 is 0 Å². The predicted molar refractivity (Wildman–Crippen MR) is 265 cm³/mol. The monoisotopic (exact) mass is 799 g/mol. The number of nitrogens with one attached hydrogen (secondary N) is 1. The van der Waals surface area contributed by atoms with Gasteiger partial charge in [0.2, 0.25) is 0 Å². The zero-order valence-electron chi connectivity index (χ0n) is 36.5.